The van der Waals surface area contributed by atoms with Gasteiger partial charge in [-0.15, -0.1) is 0 Å². The standard InChI is InChI=1S/C14H16N2O2S/c1-7-11(5-3-9(17)13(7)15)19-12-6-4-10(18)14(16)8(12)2/h3-6,17-18H,15-16H2,1-2H3. The van der Waals surface area contributed by atoms with Gasteiger partial charge in [-0.1, -0.05) is 11.8 Å². The molecule has 0 spiro atoms. The van der Waals surface area contributed by atoms with E-state index in [-0.39, 0.29) is 11.5 Å². The van der Waals surface area contributed by atoms with Crippen LogP contribution in [0.5, 0.6) is 11.5 Å². The predicted octanol–water partition coefficient (Wildman–Crippen LogP) is 3.03. The first-order chi connectivity index (χ1) is 8.91. The Balaban J connectivity index is 2.43. The fourth-order valence-corrected chi connectivity index (χ4v) is 2.76. The van der Waals surface area contributed by atoms with Crippen LogP contribution in [0.1, 0.15) is 11.1 Å². The molecule has 0 aliphatic rings. The Morgan fingerprint density at radius 2 is 1.16 bits per heavy atom. The lowest BCUT2D eigenvalue weighted by Gasteiger charge is -2.12. The Hall–Kier alpha value is -2.01. The molecule has 2 aromatic rings. The number of benzene rings is 2. The average Bonchev–Trinajstić information content (AvgIpc) is 2.39. The highest BCUT2D eigenvalue weighted by molar-refractivity contribution is 7.99. The van der Waals surface area contributed by atoms with Crippen LogP contribution < -0.4 is 11.5 Å². The number of hydrogen-bond acceptors (Lipinski definition) is 5. The van der Waals surface area contributed by atoms with Crippen LogP contribution >= 0.6 is 11.8 Å². The third-order valence-corrected chi connectivity index (χ3v) is 4.43. The van der Waals surface area contributed by atoms with Crippen LogP contribution in [0, 0.1) is 13.8 Å². The summed E-state index contributed by atoms with van der Waals surface area (Å²) in [4.78, 5) is 1.90. The maximum atomic E-state index is 9.54. The van der Waals surface area contributed by atoms with Gasteiger partial charge in [0.15, 0.2) is 0 Å². The molecule has 0 radical (unpaired) electrons. The molecule has 0 heterocycles. The van der Waals surface area contributed by atoms with Crippen LogP contribution in [-0.4, -0.2) is 10.2 Å². The minimum atomic E-state index is 0.0868. The van der Waals surface area contributed by atoms with Crippen LogP contribution in [0.2, 0.25) is 0 Å². The first kappa shape index (κ1) is 13.4. The lowest BCUT2D eigenvalue weighted by molar-refractivity contribution is 0.476. The second-order valence-corrected chi connectivity index (χ2v) is 5.43. The summed E-state index contributed by atoms with van der Waals surface area (Å²) in [5.41, 5.74) is 14.0. The van der Waals surface area contributed by atoms with Gasteiger partial charge in [0.1, 0.15) is 11.5 Å². The summed E-state index contributed by atoms with van der Waals surface area (Å²) in [6, 6.07) is 6.77. The zero-order valence-corrected chi connectivity index (χ0v) is 11.6. The number of nitrogens with two attached hydrogens (primary N) is 2. The fourth-order valence-electron chi connectivity index (χ4n) is 1.73. The summed E-state index contributed by atoms with van der Waals surface area (Å²) in [5, 5.41) is 19.1. The Bertz CT molecular complexity index is 586. The summed E-state index contributed by atoms with van der Waals surface area (Å²) in [7, 11) is 0. The number of aromatic hydroxyl groups is 2. The van der Waals surface area contributed by atoms with Crippen molar-refractivity contribution >= 4 is 23.1 Å². The zero-order valence-electron chi connectivity index (χ0n) is 10.8. The van der Waals surface area contributed by atoms with Crippen LogP contribution in [0.25, 0.3) is 0 Å². The SMILES string of the molecule is Cc1c(Sc2ccc(O)c(N)c2C)ccc(O)c1N. The summed E-state index contributed by atoms with van der Waals surface area (Å²) in [6.07, 6.45) is 0. The number of nitrogen functional groups attached to an aromatic ring is 2. The summed E-state index contributed by atoms with van der Waals surface area (Å²) in [6.45, 7) is 3.72. The zero-order chi connectivity index (χ0) is 14.2. The van der Waals surface area contributed by atoms with Gasteiger partial charge >= 0.3 is 0 Å². The smallest absolute Gasteiger partial charge is 0.138 e. The van der Waals surface area contributed by atoms with E-state index >= 15 is 0 Å². The van der Waals surface area contributed by atoms with Gasteiger partial charge in [0.2, 0.25) is 0 Å². The van der Waals surface area contributed by atoms with E-state index in [1.165, 1.54) is 11.8 Å². The van der Waals surface area contributed by atoms with Gasteiger partial charge in [-0.3, -0.25) is 0 Å². The average molecular weight is 276 g/mol. The number of phenols is 2. The molecule has 19 heavy (non-hydrogen) atoms. The molecule has 2 aromatic carbocycles. The number of phenolic OH excluding ortho intramolecular Hbond substituents is 2. The fraction of sp³-hybridized carbons (Fsp3) is 0.143. The summed E-state index contributed by atoms with van der Waals surface area (Å²) >= 11 is 1.50. The maximum absolute atomic E-state index is 9.54. The van der Waals surface area contributed by atoms with Crippen molar-refractivity contribution in [1.29, 1.82) is 0 Å². The number of anilines is 2. The van der Waals surface area contributed by atoms with Gasteiger partial charge in [0.25, 0.3) is 0 Å². The topological polar surface area (TPSA) is 92.5 Å². The minimum Gasteiger partial charge on any atom is -0.506 e. The molecule has 0 atom stereocenters. The molecule has 5 heteroatoms. The second-order valence-electron chi connectivity index (χ2n) is 4.35. The van der Waals surface area contributed by atoms with Crippen molar-refractivity contribution in [2.45, 2.75) is 23.6 Å². The molecule has 0 aliphatic heterocycles. The monoisotopic (exact) mass is 276 g/mol. The Morgan fingerprint density at radius 1 is 0.789 bits per heavy atom. The van der Waals surface area contributed by atoms with Gasteiger partial charge < -0.3 is 21.7 Å². The van der Waals surface area contributed by atoms with Crippen molar-refractivity contribution in [1.82, 2.24) is 0 Å². The van der Waals surface area contributed by atoms with E-state index in [1.807, 2.05) is 26.0 Å². The van der Waals surface area contributed by atoms with Crippen LogP contribution in [0.3, 0.4) is 0 Å². The van der Waals surface area contributed by atoms with E-state index < -0.39 is 0 Å². The molecule has 0 fully saturated rings. The lowest BCUT2D eigenvalue weighted by atomic mass is 10.2. The van der Waals surface area contributed by atoms with Crippen molar-refractivity contribution in [3.8, 4) is 11.5 Å². The Kier molecular flexibility index (Phi) is 3.48. The van der Waals surface area contributed by atoms with Crippen molar-refractivity contribution in [3.63, 3.8) is 0 Å². The molecule has 0 aromatic heterocycles. The van der Waals surface area contributed by atoms with E-state index in [0.29, 0.717) is 11.4 Å². The third kappa shape index (κ3) is 2.42. The lowest BCUT2D eigenvalue weighted by Crippen LogP contribution is -1.94. The molecule has 0 amide bonds. The molecule has 4 nitrogen and oxygen atoms in total. The molecule has 0 bridgehead atoms. The van der Waals surface area contributed by atoms with Gasteiger partial charge in [-0.2, -0.15) is 0 Å². The predicted molar refractivity (Wildman–Crippen MR) is 78.6 cm³/mol. The molecular formula is C14H16N2O2S. The molecule has 0 saturated carbocycles. The minimum absolute atomic E-state index is 0.0868. The van der Waals surface area contributed by atoms with E-state index in [1.54, 1.807) is 12.1 Å². The van der Waals surface area contributed by atoms with E-state index in [2.05, 4.69) is 0 Å². The van der Waals surface area contributed by atoms with E-state index in [0.717, 1.165) is 20.9 Å². The molecule has 0 aliphatic carbocycles. The summed E-state index contributed by atoms with van der Waals surface area (Å²) < 4.78 is 0. The van der Waals surface area contributed by atoms with Gasteiger partial charge in [0, 0.05) is 9.79 Å². The summed E-state index contributed by atoms with van der Waals surface area (Å²) in [5.74, 6) is 0.174. The second kappa shape index (κ2) is 4.93. The van der Waals surface area contributed by atoms with Crippen LogP contribution in [0.15, 0.2) is 34.1 Å². The Morgan fingerprint density at radius 3 is 1.53 bits per heavy atom. The molecular weight excluding hydrogens is 260 g/mol. The largest absolute Gasteiger partial charge is 0.506 e. The molecule has 0 saturated heterocycles. The molecule has 100 valence electrons. The highest BCUT2D eigenvalue weighted by Gasteiger charge is 2.11. The van der Waals surface area contributed by atoms with Gasteiger partial charge in [0.05, 0.1) is 11.4 Å². The van der Waals surface area contributed by atoms with Crippen molar-refractivity contribution in [2.75, 3.05) is 11.5 Å². The highest BCUT2D eigenvalue weighted by atomic mass is 32.2. The van der Waals surface area contributed by atoms with Crippen molar-refractivity contribution in [2.24, 2.45) is 0 Å². The molecule has 2 rings (SSSR count). The third-order valence-electron chi connectivity index (χ3n) is 3.10. The van der Waals surface area contributed by atoms with Crippen molar-refractivity contribution in [3.05, 3.63) is 35.4 Å². The molecule has 0 unspecified atom stereocenters. The van der Waals surface area contributed by atoms with Crippen LogP contribution in [0.4, 0.5) is 11.4 Å². The number of rotatable bonds is 2. The first-order valence-electron chi connectivity index (χ1n) is 5.75. The maximum Gasteiger partial charge on any atom is 0.138 e. The van der Waals surface area contributed by atoms with Gasteiger partial charge in [-0.05, 0) is 49.2 Å². The highest BCUT2D eigenvalue weighted by Crippen LogP contribution is 2.40. The number of hydrogen-bond donors (Lipinski definition) is 4. The first-order valence-corrected chi connectivity index (χ1v) is 6.57. The quantitative estimate of drug-likeness (QED) is 0.500. The van der Waals surface area contributed by atoms with Crippen molar-refractivity contribution < 1.29 is 10.2 Å². The van der Waals surface area contributed by atoms with Gasteiger partial charge in [-0.25, -0.2) is 0 Å². The Labute approximate surface area is 116 Å². The molecule has 6 N–H and O–H groups in total. The van der Waals surface area contributed by atoms with Crippen LogP contribution in [-0.2, 0) is 0 Å². The van der Waals surface area contributed by atoms with E-state index in [4.69, 9.17) is 11.5 Å². The van der Waals surface area contributed by atoms with E-state index in [9.17, 15) is 10.2 Å². The normalized spacial score (nSPS) is 10.6.